The molecule has 2 heterocycles. The van der Waals surface area contributed by atoms with Gasteiger partial charge in [0.15, 0.2) is 5.82 Å². The maximum atomic E-state index is 5.14. The molecule has 5 heteroatoms. The normalized spacial score (nSPS) is 19.8. The third-order valence-electron chi connectivity index (χ3n) is 2.14. The molecule has 0 bridgehead atoms. The van der Waals surface area contributed by atoms with Crippen molar-refractivity contribution in [1.82, 2.24) is 15.5 Å². The maximum Gasteiger partial charge on any atom is 0.213 e. The van der Waals surface area contributed by atoms with Gasteiger partial charge in [0.25, 0.3) is 0 Å². The van der Waals surface area contributed by atoms with Crippen molar-refractivity contribution in [1.29, 1.82) is 0 Å². The minimum absolute atomic E-state index is 0.295. The molecular weight excluding hydrogens is 170 g/mol. The number of nitrogens with zero attached hydrogens (tertiary/aromatic N) is 2. The van der Waals surface area contributed by atoms with Gasteiger partial charge < -0.3 is 14.6 Å². The quantitative estimate of drug-likeness (QED) is 0.722. The van der Waals surface area contributed by atoms with E-state index in [1.165, 1.54) is 6.39 Å². The average molecular weight is 183 g/mol. The fourth-order valence-corrected chi connectivity index (χ4v) is 1.30. The predicted molar refractivity (Wildman–Crippen MR) is 44.9 cm³/mol. The van der Waals surface area contributed by atoms with Gasteiger partial charge in [-0.2, -0.15) is 4.98 Å². The Morgan fingerprint density at radius 1 is 1.62 bits per heavy atom. The van der Waals surface area contributed by atoms with Crippen LogP contribution in [0.5, 0.6) is 0 Å². The molecule has 1 aliphatic rings. The molecule has 0 saturated carbocycles. The van der Waals surface area contributed by atoms with Crippen molar-refractivity contribution in [3.8, 4) is 0 Å². The Labute approximate surface area is 76.5 Å². The molecule has 13 heavy (non-hydrogen) atoms. The highest BCUT2D eigenvalue weighted by molar-refractivity contribution is 4.84. The topological polar surface area (TPSA) is 60.2 Å². The highest BCUT2D eigenvalue weighted by Crippen LogP contribution is 2.24. The van der Waals surface area contributed by atoms with Gasteiger partial charge in [-0.05, 0) is 0 Å². The summed E-state index contributed by atoms with van der Waals surface area (Å²) in [5, 5.41) is 6.97. The van der Waals surface area contributed by atoms with E-state index in [0.717, 1.165) is 19.8 Å². The number of aromatic nitrogens is 2. The Kier molecular flexibility index (Phi) is 2.28. The highest BCUT2D eigenvalue weighted by Gasteiger charge is 2.32. The predicted octanol–water partition coefficient (Wildman–Crippen LogP) is 0.196. The van der Waals surface area contributed by atoms with Crippen molar-refractivity contribution in [2.24, 2.45) is 5.41 Å². The third-order valence-corrected chi connectivity index (χ3v) is 2.14. The third kappa shape index (κ3) is 2.05. The second kappa shape index (κ2) is 3.43. The molecule has 0 amide bonds. The Balaban J connectivity index is 1.69. The van der Waals surface area contributed by atoms with E-state index >= 15 is 0 Å². The first-order valence-corrected chi connectivity index (χ1v) is 4.32. The van der Waals surface area contributed by atoms with Gasteiger partial charge >= 0.3 is 0 Å². The van der Waals surface area contributed by atoms with Crippen LogP contribution in [0, 0.1) is 5.41 Å². The van der Waals surface area contributed by atoms with Crippen LogP contribution in [-0.4, -0.2) is 29.9 Å². The number of ether oxygens (including phenoxy) is 1. The van der Waals surface area contributed by atoms with Gasteiger partial charge in [-0.1, -0.05) is 12.1 Å². The summed E-state index contributed by atoms with van der Waals surface area (Å²) in [6.07, 6.45) is 1.34. The van der Waals surface area contributed by atoms with Crippen LogP contribution in [0.4, 0.5) is 0 Å². The molecule has 72 valence electrons. The van der Waals surface area contributed by atoms with E-state index in [4.69, 9.17) is 4.74 Å². The standard InChI is InChI=1S/C8H13N3O2/c1-8(4-12-5-8)3-9-2-7-10-6-13-11-7/h6,9H,2-5H2,1H3. The first-order valence-electron chi connectivity index (χ1n) is 4.32. The van der Waals surface area contributed by atoms with Gasteiger partial charge in [0.1, 0.15) is 0 Å². The lowest BCUT2D eigenvalue weighted by Gasteiger charge is -2.38. The first kappa shape index (κ1) is 8.65. The lowest BCUT2D eigenvalue weighted by Crippen LogP contribution is -2.47. The molecule has 0 unspecified atom stereocenters. The van der Waals surface area contributed by atoms with Gasteiger partial charge in [-0.25, -0.2) is 0 Å². The van der Waals surface area contributed by atoms with Crippen LogP contribution in [-0.2, 0) is 11.3 Å². The van der Waals surface area contributed by atoms with Crippen LogP contribution in [0.3, 0.4) is 0 Å². The summed E-state index contributed by atoms with van der Waals surface area (Å²) in [5.74, 6) is 0.698. The Hall–Kier alpha value is -0.940. The lowest BCUT2D eigenvalue weighted by atomic mass is 9.89. The zero-order valence-electron chi connectivity index (χ0n) is 7.62. The largest absolute Gasteiger partial charge is 0.380 e. The van der Waals surface area contributed by atoms with Gasteiger partial charge in [0.2, 0.25) is 6.39 Å². The van der Waals surface area contributed by atoms with E-state index in [1.807, 2.05) is 0 Å². The zero-order valence-corrected chi connectivity index (χ0v) is 7.62. The Morgan fingerprint density at radius 3 is 3.00 bits per heavy atom. The molecule has 2 rings (SSSR count). The minimum Gasteiger partial charge on any atom is -0.380 e. The Bertz CT molecular complexity index is 256. The van der Waals surface area contributed by atoms with Crippen LogP contribution >= 0.6 is 0 Å². The van der Waals surface area contributed by atoms with Crippen molar-refractivity contribution >= 4 is 0 Å². The lowest BCUT2D eigenvalue weighted by molar-refractivity contribution is -0.0992. The van der Waals surface area contributed by atoms with Crippen LogP contribution in [0.1, 0.15) is 12.7 Å². The van der Waals surface area contributed by atoms with Gasteiger partial charge in [-0.15, -0.1) is 0 Å². The van der Waals surface area contributed by atoms with Crippen LogP contribution < -0.4 is 5.32 Å². The average Bonchev–Trinajstić information content (AvgIpc) is 2.54. The molecule has 0 spiro atoms. The molecule has 5 nitrogen and oxygen atoms in total. The van der Waals surface area contributed by atoms with Crippen molar-refractivity contribution < 1.29 is 9.26 Å². The summed E-state index contributed by atoms with van der Waals surface area (Å²) in [4.78, 5) is 3.91. The second-order valence-electron chi connectivity index (χ2n) is 3.75. The fraction of sp³-hybridized carbons (Fsp3) is 0.750. The molecule has 1 aromatic rings. The van der Waals surface area contributed by atoms with Crippen molar-refractivity contribution in [2.75, 3.05) is 19.8 Å². The van der Waals surface area contributed by atoms with E-state index < -0.39 is 0 Å². The van der Waals surface area contributed by atoms with Crippen molar-refractivity contribution in [2.45, 2.75) is 13.5 Å². The smallest absolute Gasteiger partial charge is 0.213 e. The highest BCUT2D eigenvalue weighted by atomic mass is 16.5. The van der Waals surface area contributed by atoms with Crippen LogP contribution in [0.25, 0.3) is 0 Å². The number of rotatable bonds is 4. The first-order chi connectivity index (χ1) is 6.29. The Morgan fingerprint density at radius 2 is 2.46 bits per heavy atom. The number of nitrogens with one attached hydrogen (secondary N) is 1. The zero-order chi connectivity index (χ0) is 9.15. The maximum absolute atomic E-state index is 5.14. The van der Waals surface area contributed by atoms with E-state index in [9.17, 15) is 0 Å². The van der Waals surface area contributed by atoms with Crippen molar-refractivity contribution in [3.05, 3.63) is 12.2 Å². The number of hydrogen-bond acceptors (Lipinski definition) is 5. The molecule has 1 fully saturated rings. The summed E-state index contributed by atoms with van der Waals surface area (Å²) < 4.78 is 9.75. The molecule has 1 N–H and O–H groups in total. The van der Waals surface area contributed by atoms with E-state index in [2.05, 4.69) is 26.9 Å². The molecular formula is C8H13N3O2. The van der Waals surface area contributed by atoms with Gasteiger partial charge in [0, 0.05) is 12.0 Å². The van der Waals surface area contributed by atoms with Crippen molar-refractivity contribution in [3.63, 3.8) is 0 Å². The van der Waals surface area contributed by atoms with E-state index in [0.29, 0.717) is 17.8 Å². The molecule has 0 aromatic carbocycles. The van der Waals surface area contributed by atoms with Gasteiger partial charge in [-0.3, -0.25) is 0 Å². The fourth-order valence-electron chi connectivity index (χ4n) is 1.30. The van der Waals surface area contributed by atoms with E-state index in [1.54, 1.807) is 0 Å². The molecule has 0 aliphatic carbocycles. The molecule has 0 radical (unpaired) electrons. The summed E-state index contributed by atoms with van der Waals surface area (Å²) in [6, 6.07) is 0. The summed E-state index contributed by atoms with van der Waals surface area (Å²) >= 11 is 0. The van der Waals surface area contributed by atoms with E-state index in [-0.39, 0.29) is 0 Å². The number of hydrogen-bond donors (Lipinski definition) is 1. The molecule has 1 aromatic heterocycles. The summed E-state index contributed by atoms with van der Waals surface area (Å²) in [6.45, 7) is 5.46. The monoisotopic (exact) mass is 183 g/mol. The molecule has 0 atom stereocenters. The van der Waals surface area contributed by atoms with Crippen LogP contribution in [0.2, 0.25) is 0 Å². The summed E-state index contributed by atoms with van der Waals surface area (Å²) in [5.41, 5.74) is 0.295. The molecule has 1 saturated heterocycles. The SMILES string of the molecule is CC1(CNCc2ncon2)COC1. The van der Waals surface area contributed by atoms with Crippen LogP contribution in [0.15, 0.2) is 10.9 Å². The summed E-state index contributed by atoms with van der Waals surface area (Å²) in [7, 11) is 0. The van der Waals surface area contributed by atoms with Gasteiger partial charge in [0.05, 0.1) is 19.8 Å². The minimum atomic E-state index is 0.295. The molecule has 1 aliphatic heterocycles. The second-order valence-corrected chi connectivity index (χ2v) is 3.75.